The lowest BCUT2D eigenvalue weighted by atomic mass is 9.52. The highest BCUT2D eigenvalue weighted by molar-refractivity contribution is 5.81. The fraction of sp³-hybridized carbons (Fsp3) is 0.882. The number of nitrogens with one attached hydrogen (secondary N) is 1. The first kappa shape index (κ1) is 27.9. The average molecular weight is 539 g/mol. The van der Waals surface area contributed by atoms with Crippen LogP contribution in [0.3, 0.4) is 0 Å². The van der Waals surface area contributed by atoms with Gasteiger partial charge in [-0.15, -0.1) is 0 Å². The van der Waals surface area contributed by atoms with Gasteiger partial charge in [0.2, 0.25) is 5.91 Å². The predicted octanol–water partition coefficient (Wildman–Crippen LogP) is 6.31. The van der Waals surface area contributed by atoms with Gasteiger partial charge in [-0.05, 0) is 100 Å². The van der Waals surface area contributed by atoms with Gasteiger partial charge in [-0.3, -0.25) is 14.5 Å². The summed E-state index contributed by atoms with van der Waals surface area (Å²) < 4.78 is 7.19. The van der Waals surface area contributed by atoms with E-state index in [1.165, 1.54) is 44.9 Å². The largest absolute Gasteiger partial charge is 0.369 e. The third-order valence-electron chi connectivity index (χ3n) is 12.8. The number of hydrogen-bond acceptors (Lipinski definition) is 4. The Morgan fingerprint density at radius 2 is 1.92 bits per heavy atom. The minimum absolute atomic E-state index is 0.0398. The standard InChI is InChI=1S/C34H54N2O3/c1-21-20-34(22(2)30-29(39-34)8-7-16-36(30)17-15-35-31(38)32(3,4)5)14-12-25-26-10-9-23-18-24(37)11-13-33(23,6)28(26)19-27(21)25/h22-23,25-26,28-30H,7-20H2,1-6H3,(H,35,38). The normalized spacial score (nSPS) is 44.5. The molecule has 5 fully saturated rings. The Hall–Kier alpha value is -1.20. The predicted molar refractivity (Wildman–Crippen MR) is 155 cm³/mol. The first-order valence-electron chi connectivity index (χ1n) is 16.3. The summed E-state index contributed by atoms with van der Waals surface area (Å²) in [5.74, 6) is 4.09. The van der Waals surface area contributed by atoms with E-state index in [9.17, 15) is 9.59 Å². The van der Waals surface area contributed by atoms with Gasteiger partial charge < -0.3 is 10.1 Å². The van der Waals surface area contributed by atoms with Gasteiger partial charge >= 0.3 is 0 Å². The number of ketones is 1. The van der Waals surface area contributed by atoms with E-state index in [-0.39, 0.29) is 16.9 Å². The van der Waals surface area contributed by atoms with Crippen LogP contribution in [0.4, 0.5) is 0 Å². The minimum atomic E-state index is -0.341. The number of hydrogen-bond donors (Lipinski definition) is 1. The topological polar surface area (TPSA) is 58.6 Å². The third kappa shape index (κ3) is 4.66. The molecule has 2 heterocycles. The van der Waals surface area contributed by atoms with E-state index in [1.54, 1.807) is 11.1 Å². The monoisotopic (exact) mass is 538 g/mol. The van der Waals surface area contributed by atoms with Crippen LogP contribution >= 0.6 is 0 Å². The van der Waals surface area contributed by atoms with Gasteiger partial charge in [0.15, 0.2) is 0 Å². The van der Waals surface area contributed by atoms with Crippen LogP contribution in [0.15, 0.2) is 11.1 Å². The molecule has 39 heavy (non-hydrogen) atoms. The molecule has 1 spiro atoms. The lowest BCUT2D eigenvalue weighted by molar-refractivity contribution is -0.130. The molecule has 5 heteroatoms. The average Bonchev–Trinajstić information content (AvgIpc) is 3.34. The van der Waals surface area contributed by atoms with Crippen LogP contribution in [0, 0.1) is 40.4 Å². The summed E-state index contributed by atoms with van der Waals surface area (Å²) in [6.45, 7) is 16.2. The van der Waals surface area contributed by atoms with Crippen molar-refractivity contribution in [2.75, 3.05) is 19.6 Å². The molecule has 0 aromatic rings. The van der Waals surface area contributed by atoms with Crippen molar-refractivity contribution in [1.29, 1.82) is 0 Å². The summed E-state index contributed by atoms with van der Waals surface area (Å²) in [5.41, 5.74) is 3.40. The van der Waals surface area contributed by atoms with E-state index in [0.29, 0.717) is 35.2 Å². The van der Waals surface area contributed by atoms with Crippen LogP contribution in [-0.4, -0.2) is 54.0 Å². The molecule has 3 saturated carbocycles. The molecule has 4 aliphatic carbocycles. The number of nitrogens with zero attached hydrogens (tertiary/aromatic N) is 1. The summed E-state index contributed by atoms with van der Waals surface area (Å²) in [7, 11) is 0. The highest BCUT2D eigenvalue weighted by Gasteiger charge is 2.59. The molecule has 1 N–H and O–H groups in total. The second-order valence-corrected chi connectivity index (χ2v) is 15.8. The van der Waals surface area contributed by atoms with Crippen LogP contribution in [0.25, 0.3) is 0 Å². The van der Waals surface area contributed by atoms with Crippen molar-refractivity contribution in [3.05, 3.63) is 11.1 Å². The summed E-state index contributed by atoms with van der Waals surface area (Å²) in [6.07, 6.45) is 12.9. The maximum absolute atomic E-state index is 12.4. The van der Waals surface area contributed by atoms with Crippen LogP contribution < -0.4 is 5.32 Å². The highest BCUT2D eigenvalue weighted by Crippen LogP contribution is 2.65. The van der Waals surface area contributed by atoms with E-state index in [0.717, 1.165) is 63.1 Å². The zero-order chi connectivity index (χ0) is 27.7. The molecule has 9 atom stereocenters. The Morgan fingerprint density at radius 3 is 2.69 bits per heavy atom. The molecule has 6 aliphatic rings. The maximum Gasteiger partial charge on any atom is 0.225 e. The highest BCUT2D eigenvalue weighted by atomic mass is 16.5. The summed E-state index contributed by atoms with van der Waals surface area (Å²) in [6, 6.07) is 0.461. The molecular weight excluding hydrogens is 484 g/mol. The van der Waals surface area contributed by atoms with Crippen molar-refractivity contribution in [2.45, 2.75) is 130 Å². The number of amides is 1. The van der Waals surface area contributed by atoms with E-state index in [1.807, 2.05) is 20.8 Å². The maximum atomic E-state index is 12.4. The lowest BCUT2D eigenvalue weighted by Crippen LogP contribution is -2.52. The number of likely N-dealkylation sites (tertiary alicyclic amines) is 1. The number of ether oxygens (including phenoxy) is 1. The fourth-order valence-corrected chi connectivity index (χ4v) is 10.5. The van der Waals surface area contributed by atoms with Gasteiger partial charge in [-0.1, -0.05) is 45.8 Å². The van der Waals surface area contributed by atoms with Crippen molar-refractivity contribution in [3.63, 3.8) is 0 Å². The number of carbonyl (C=O) groups excluding carboxylic acids is 2. The van der Waals surface area contributed by atoms with Crippen molar-refractivity contribution in [1.82, 2.24) is 10.2 Å². The molecule has 5 nitrogen and oxygen atoms in total. The molecule has 0 aromatic carbocycles. The van der Waals surface area contributed by atoms with Crippen molar-refractivity contribution in [2.24, 2.45) is 40.4 Å². The molecule has 2 saturated heterocycles. The van der Waals surface area contributed by atoms with E-state index < -0.39 is 0 Å². The third-order valence-corrected chi connectivity index (χ3v) is 12.8. The number of carbonyl (C=O) groups is 2. The van der Waals surface area contributed by atoms with Crippen LogP contribution in [-0.2, 0) is 14.3 Å². The number of allylic oxidation sites excluding steroid dienone is 1. The number of rotatable bonds is 3. The molecule has 1 amide bonds. The first-order chi connectivity index (χ1) is 18.4. The zero-order valence-electron chi connectivity index (χ0n) is 25.6. The number of Topliss-reactive ketones (excluding diaryl/α,β-unsaturated/α-hetero) is 1. The Morgan fingerprint density at radius 1 is 1.13 bits per heavy atom. The minimum Gasteiger partial charge on any atom is -0.369 e. The lowest BCUT2D eigenvalue weighted by Gasteiger charge is -2.52. The number of fused-ring (bicyclic) bond motifs is 6. The molecule has 6 rings (SSSR count). The summed E-state index contributed by atoms with van der Waals surface area (Å²) in [4.78, 5) is 27.4. The van der Waals surface area contributed by atoms with Gasteiger partial charge in [0.25, 0.3) is 0 Å². The molecule has 9 unspecified atom stereocenters. The van der Waals surface area contributed by atoms with Crippen molar-refractivity contribution < 1.29 is 14.3 Å². The van der Waals surface area contributed by atoms with E-state index in [4.69, 9.17) is 4.74 Å². The molecule has 218 valence electrons. The Kier molecular flexibility index (Phi) is 7.14. The van der Waals surface area contributed by atoms with Crippen LogP contribution in [0.5, 0.6) is 0 Å². The molecule has 0 radical (unpaired) electrons. The van der Waals surface area contributed by atoms with Gasteiger partial charge in [-0.2, -0.15) is 0 Å². The smallest absolute Gasteiger partial charge is 0.225 e. The molecular formula is C34H54N2O3. The van der Waals surface area contributed by atoms with Crippen LogP contribution in [0.1, 0.15) is 112 Å². The quantitative estimate of drug-likeness (QED) is 0.428. The first-order valence-corrected chi connectivity index (χ1v) is 16.3. The van der Waals surface area contributed by atoms with Crippen LogP contribution in [0.2, 0.25) is 0 Å². The zero-order valence-corrected chi connectivity index (χ0v) is 25.6. The van der Waals surface area contributed by atoms with E-state index >= 15 is 0 Å². The Labute approximate surface area is 237 Å². The van der Waals surface area contributed by atoms with Crippen molar-refractivity contribution in [3.8, 4) is 0 Å². The second-order valence-electron chi connectivity index (χ2n) is 15.8. The van der Waals surface area contributed by atoms with Crippen molar-refractivity contribution >= 4 is 11.7 Å². The summed E-state index contributed by atoms with van der Waals surface area (Å²) in [5, 5.41) is 3.18. The Balaban J connectivity index is 1.18. The van der Waals surface area contributed by atoms with Gasteiger partial charge in [0.05, 0.1) is 11.7 Å². The fourth-order valence-electron chi connectivity index (χ4n) is 10.5. The van der Waals surface area contributed by atoms with Gasteiger partial charge in [0, 0.05) is 43.3 Å². The molecule has 0 aromatic heterocycles. The number of piperidine rings is 1. The Bertz CT molecular complexity index is 1030. The SMILES string of the molecule is CC1=C2CC3C(CCC4CC(=O)CCC43C)C2CCC2(C1)OC1CCCN(CCNC(=O)C(C)(C)C)C1C2C. The second kappa shape index (κ2) is 9.96. The molecule has 0 bridgehead atoms. The van der Waals surface area contributed by atoms with E-state index in [2.05, 4.69) is 31.0 Å². The van der Waals surface area contributed by atoms with Gasteiger partial charge in [-0.25, -0.2) is 0 Å². The molecule has 2 aliphatic heterocycles. The van der Waals surface area contributed by atoms with Gasteiger partial charge in [0.1, 0.15) is 5.78 Å². The summed E-state index contributed by atoms with van der Waals surface area (Å²) >= 11 is 0.